The van der Waals surface area contributed by atoms with E-state index in [0.29, 0.717) is 19.4 Å². The molecule has 146 valence electrons. The highest BCUT2D eigenvalue weighted by atomic mass is 32.1. The Bertz CT molecular complexity index is 843. The molecule has 0 saturated heterocycles. The minimum absolute atomic E-state index is 0.178. The minimum atomic E-state index is -4.00. The van der Waals surface area contributed by atoms with Crippen molar-refractivity contribution in [2.75, 3.05) is 12.8 Å². The van der Waals surface area contributed by atoms with E-state index in [4.69, 9.17) is 20.3 Å². The molecule has 0 amide bonds. The standard InChI is InChI=1S/C20H26NO4PS/c1-16-5-7-17(8-6-16)25-14-3-4-18-9-10-19(27-18)11-12-20(2,21)13-15-26(22,23)24/h5-10H,11-15,21H2,1-2H3,(H2,22,23,24). The van der Waals surface area contributed by atoms with Gasteiger partial charge in [-0.15, -0.1) is 11.3 Å². The van der Waals surface area contributed by atoms with Crippen molar-refractivity contribution in [1.82, 2.24) is 0 Å². The second kappa shape index (κ2) is 9.54. The molecule has 2 rings (SSSR count). The predicted octanol–water partition coefficient (Wildman–Crippen LogP) is 3.70. The molecule has 27 heavy (non-hydrogen) atoms. The van der Waals surface area contributed by atoms with E-state index in [1.165, 1.54) is 5.56 Å². The highest BCUT2D eigenvalue weighted by molar-refractivity contribution is 7.51. The van der Waals surface area contributed by atoms with Gasteiger partial charge in [0.05, 0.1) is 11.0 Å². The van der Waals surface area contributed by atoms with Crippen LogP contribution in [0.2, 0.25) is 0 Å². The van der Waals surface area contributed by atoms with Gasteiger partial charge >= 0.3 is 7.60 Å². The summed E-state index contributed by atoms with van der Waals surface area (Å²) in [5.74, 6) is 6.92. The molecule has 0 saturated carbocycles. The van der Waals surface area contributed by atoms with Crippen LogP contribution in [-0.4, -0.2) is 28.1 Å². The van der Waals surface area contributed by atoms with Crippen molar-refractivity contribution in [2.45, 2.75) is 38.6 Å². The Balaban J connectivity index is 1.79. The van der Waals surface area contributed by atoms with Gasteiger partial charge in [-0.05, 0) is 57.4 Å². The first-order valence-corrected chi connectivity index (χ1v) is 11.3. The molecule has 0 radical (unpaired) electrons. The summed E-state index contributed by atoms with van der Waals surface area (Å²) in [6.45, 7) is 4.20. The highest BCUT2D eigenvalue weighted by Gasteiger charge is 2.23. The van der Waals surface area contributed by atoms with Gasteiger partial charge in [-0.2, -0.15) is 0 Å². The quantitative estimate of drug-likeness (QED) is 0.458. The van der Waals surface area contributed by atoms with Crippen LogP contribution in [0.5, 0.6) is 5.75 Å². The molecule has 0 bridgehead atoms. The molecule has 4 N–H and O–H groups in total. The molecule has 0 aliphatic rings. The van der Waals surface area contributed by atoms with Crippen molar-refractivity contribution in [2.24, 2.45) is 5.73 Å². The Morgan fingerprint density at radius 1 is 1.19 bits per heavy atom. The lowest BCUT2D eigenvalue weighted by Crippen LogP contribution is -2.37. The summed E-state index contributed by atoms with van der Waals surface area (Å²) >= 11 is 1.61. The molecule has 0 aliphatic carbocycles. The van der Waals surface area contributed by atoms with Crippen molar-refractivity contribution < 1.29 is 19.1 Å². The maximum absolute atomic E-state index is 11.0. The number of ether oxygens (including phenoxy) is 1. The third-order valence-electron chi connectivity index (χ3n) is 4.12. The summed E-state index contributed by atoms with van der Waals surface area (Å²) in [5, 5.41) is 0. The van der Waals surface area contributed by atoms with Gasteiger partial charge in [0.1, 0.15) is 12.4 Å². The molecule has 0 aliphatic heterocycles. The van der Waals surface area contributed by atoms with Crippen LogP contribution in [0.1, 0.15) is 35.1 Å². The molecule has 2 aromatic rings. The van der Waals surface area contributed by atoms with Crippen molar-refractivity contribution in [3.8, 4) is 17.6 Å². The predicted molar refractivity (Wildman–Crippen MR) is 110 cm³/mol. The lowest BCUT2D eigenvalue weighted by atomic mass is 9.94. The van der Waals surface area contributed by atoms with Crippen molar-refractivity contribution in [3.05, 3.63) is 51.7 Å². The fourth-order valence-corrected chi connectivity index (χ4v) is 4.08. The van der Waals surface area contributed by atoms with Gasteiger partial charge in [-0.1, -0.05) is 29.5 Å². The van der Waals surface area contributed by atoms with Crippen LogP contribution < -0.4 is 10.5 Å². The molecular weight excluding hydrogens is 381 g/mol. The van der Waals surface area contributed by atoms with Crippen molar-refractivity contribution >= 4 is 18.9 Å². The van der Waals surface area contributed by atoms with Crippen molar-refractivity contribution in [3.63, 3.8) is 0 Å². The van der Waals surface area contributed by atoms with E-state index in [0.717, 1.165) is 21.9 Å². The molecular formula is C20H26NO4PS. The Kier molecular flexibility index (Phi) is 7.67. The highest BCUT2D eigenvalue weighted by Crippen LogP contribution is 2.37. The summed E-state index contributed by atoms with van der Waals surface area (Å²) in [6.07, 6.45) is 1.55. The van der Waals surface area contributed by atoms with E-state index in [1.54, 1.807) is 11.3 Å². The maximum Gasteiger partial charge on any atom is 0.325 e. The van der Waals surface area contributed by atoms with Crippen LogP contribution in [0.15, 0.2) is 36.4 Å². The SMILES string of the molecule is Cc1ccc(OCC#Cc2ccc(CCC(C)(N)CCP(=O)(O)O)s2)cc1. The van der Waals surface area contributed by atoms with Crippen LogP contribution in [0.4, 0.5) is 0 Å². The summed E-state index contributed by atoms with van der Waals surface area (Å²) in [4.78, 5) is 20.1. The number of benzene rings is 1. The number of hydrogen-bond donors (Lipinski definition) is 3. The summed E-state index contributed by atoms with van der Waals surface area (Å²) in [6, 6.07) is 11.9. The average Bonchev–Trinajstić information content (AvgIpc) is 3.04. The van der Waals surface area contributed by atoms with Gasteiger partial charge in [0.25, 0.3) is 0 Å². The van der Waals surface area contributed by atoms with E-state index in [-0.39, 0.29) is 6.16 Å². The lowest BCUT2D eigenvalue weighted by molar-refractivity contribution is 0.354. The van der Waals surface area contributed by atoms with Crippen LogP contribution in [0.3, 0.4) is 0 Å². The summed E-state index contributed by atoms with van der Waals surface area (Å²) < 4.78 is 16.6. The second-order valence-electron chi connectivity index (χ2n) is 6.96. The van der Waals surface area contributed by atoms with Gasteiger partial charge in [0.15, 0.2) is 0 Å². The number of hydrogen-bond acceptors (Lipinski definition) is 4. The van der Waals surface area contributed by atoms with E-state index < -0.39 is 13.1 Å². The molecule has 1 aromatic carbocycles. The third kappa shape index (κ3) is 8.75. The number of rotatable bonds is 8. The zero-order valence-electron chi connectivity index (χ0n) is 15.6. The maximum atomic E-state index is 11.0. The molecule has 1 atom stereocenters. The second-order valence-corrected chi connectivity index (χ2v) is 9.91. The normalized spacial score (nSPS) is 13.5. The molecule has 7 heteroatoms. The summed E-state index contributed by atoms with van der Waals surface area (Å²) in [7, 11) is -4.00. The number of thiophene rings is 1. The number of aryl methyl sites for hydroxylation is 2. The first-order valence-electron chi connectivity index (χ1n) is 8.73. The molecule has 5 nitrogen and oxygen atoms in total. The van der Waals surface area contributed by atoms with E-state index >= 15 is 0 Å². The van der Waals surface area contributed by atoms with E-state index in [9.17, 15) is 4.57 Å². The first-order chi connectivity index (χ1) is 12.6. The van der Waals surface area contributed by atoms with Gasteiger partial charge in [-0.3, -0.25) is 4.57 Å². The van der Waals surface area contributed by atoms with Crippen LogP contribution in [-0.2, 0) is 11.0 Å². The topological polar surface area (TPSA) is 92.8 Å². The Labute approximate surface area is 164 Å². The third-order valence-corrected chi connectivity index (χ3v) is 5.99. The molecule has 1 unspecified atom stereocenters. The van der Waals surface area contributed by atoms with E-state index in [2.05, 4.69) is 11.8 Å². The molecule has 0 spiro atoms. The van der Waals surface area contributed by atoms with Gasteiger partial charge < -0.3 is 20.3 Å². The summed E-state index contributed by atoms with van der Waals surface area (Å²) in [5.41, 5.74) is 6.75. The van der Waals surface area contributed by atoms with Crippen LogP contribution >= 0.6 is 18.9 Å². The molecule has 1 heterocycles. The molecule has 1 aromatic heterocycles. The van der Waals surface area contributed by atoms with Gasteiger partial charge in [0, 0.05) is 10.4 Å². The van der Waals surface area contributed by atoms with Crippen LogP contribution in [0, 0.1) is 18.8 Å². The zero-order valence-corrected chi connectivity index (χ0v) is 17.4. The lowest BCUT2D eigenvalue weighted by Gasteiger charge is -2.24. The monoisotopic (exact) mass is 407 g/mol. The van der Waals surface area contributed by atoms with Crippen LogP contribution in [0.25, 0.3) is 0 Å². The zero-order chi connectivity index (χ0) is 19.9. The minimum Gasteiger partial charge on any atom is -0.481 e. The molecule has 0 fully saturated rings. The smallest absolute Gasteiger partial charge is 0.325 e. The number of nitrogens with two attached hydrogens (primary N) is 1. The average molecular weight is 407 g/mol. The Morgan fingerprint density at radius 3 is 2.56 bits per heavy atom. The van der Waals surface area contributed by atoms with Gasteiger partial charge in [-0.25, -0.2) is 0 Å². The first kappa shape index (κ1) is 21.7. The van der Waals surface area contributed by atoms with Crippen molar-refractivity contribution in [1.29, 1.82) is 0 Å². The fourth-order valence-electron chi connectivity index (χ4n) is 2.39. The Hall–Kier alpha value is -1.61. The van der Waals surface area contributed by atoms with E-state index in [1.807, 2.05) is 50.2 Å². The van der Waals surface area contributed by atoms with Gasteiger partial charge in [0.2, 0.25) is 0 Å². The fraction of sp³-hybridized carbons (Fsp3) is 0.400. The largest absolute Gasteiger partial charge is 0.481 e. The Morgan fingerprint density at radius 2 is 1.89 bits per heavy atom.